The van der Waals surface area contributed by atoms with Crippen LogP contribution in [0.15, 0.2) is 53.5 Å². The molecule has 5 nitrogen and oxygen atoms in total. The van der Waals surface area contributed by atoms with Crippen molar-refractivity contribution in [1.82, 2.24) is 4.90 Å². The van der Waals surface area contributed by atoms with Crippen molar-refractivity contribution in [3.63, 3.8) is 0 Å². The summed E-state index contributed by atoms with van der Waals surface area (Å²) in [5.41, 5.74) is 9.56. The first kappa shape index (κ1) is 19.2. The van der Waals surface area contributed by atoms with E-state index in [0.29, 0.717) is 12.5 Å². The molecule has 1 aliphatic heterocycles. The number of aliphatic imine (C=N–C) groups is 1. The fraction of sp³-hybridized carbons (Fsp3) is 0.409. The van der Waals surface area contributed by atoms with E-state index in [-0.39, 0.29) is 0 Å². The summed E-state index contributed by atoms with van der Waals surface area (Å²) in [5, 5.41) is 3.13. The minimum atomic E-state index is 0.421. The minimum Gasteiger partial charge on any atom is -0.497 e. The number of guanidine groups is 1. The predicted molar refractivity (Wildman–Crippen MR) is 112 cm³/mol. The van der Waals surface area contributed by atoms with Crippen molar-refractivity contribution in [2.75, 3.05) is 25.5 Å². The molecular weight excluding hydrogens is 336 g/mol. The van der Waals surface area contributed by atoms with Gasteiger partial charge in [0.2, 0.25) is 0 Å². The van der Waals surface area contributed by atoms with Crippen molar-refractivity contribution in [3.8, 4) is 5.75 Å². The van der Waals surface area contributed by atoms with Crippen molar-refractivity contribution in [2.45, 2.75) is 38.8 Å². The molecule has 0 amide bonds. The molecule has 1 saturated heterocycles. The minimum absolute atomic E-state index is 0.421. The Morgan fingerprint density at radius 3 is 2.33 bits per heavy atom. The Kier molecular flexibility index (Phi) is 7.11. The van der Waals surface area contributed by atoms with Crippen LogP contribution in [0.5, 0.6) is 5.75 Å². The standard InChI is InChI=1S/C22H30N4O/c1-27-21-12-10-20(11-13-21)25-22(23)24-16-18-8-4-5-9-19(18)17-26-14-6-2-3-7-15-26/h4-5,8-13H,2-3,6-7,14-17H2,1H3,(H3,23,24,25). The number of hydrogen-bond acceptors (Lipinski definition) is 3. The molecule has 0 aliphatic carbocycles. The van der Waals surface area contributed by atoms with Gasteiger partial charge in [0.15, 0.2) is 5.96 Å². The molecular formula is C22H30N4O. The van der Waals surface area contributed by atoms with Gasteiger partial charge in [-0.15, -0.1) is 0 Å². The Hall–Kier alpha value is -2.53. The summed E-state index contributed by atoms with van der Waals surface area (Å²) in [7, 11) is 1.65. The number of benzene rings is 2. The first-order valence-corrected chi connectivity index (χ1v) is 9.75. The van der Waals surface area contributed by atoms with Gasteiger partial charge in [0.05, 0.1) is 13.7 Å². The molecule has 2 aromatic rings. The summed E-state index contributed by atoms with van der Waals surface area (Å²) in [5.74, 6) is 1.24. The quantitative estimate of drug-likeness (QED) is 0.599. The van der Waals surface area contributed by atoms with Crippen molar-refractivity contribution in [2.24, 2.45) is 10.7 Å². The van der Waals surface area contributed by atoms with E-state index < -0.39 is 0 Å². The summed E-state index contributed by atoms with van der Waals surface area (Å²) in [6, 6.07) is 16.2. The van der Waals surface area contributed by atoms with E-state index in [9.17, 15) is 0 Å². The van der Waals surface area contributed by atoms with Crippen LogP contribution in [0, 0.1) is 0 Å². The number of nitrogens with one attached hydrogen (secondary N) is 1. The van der Waals surface area contributed by atoms with Crippen LogP contribution in [0.2, 0.25) is 0 Å². The van der Waals surface area contributed by atoms with Crippen LogP contribution >= 0.6 is 0 Å². The van der Waals surface area contributed by atoms with E-state index >= 15 is 0 Å². The van der Waals surface area contributed by atoms with Crippen LogP contribution in [0.1, 0.15) is 36.8 Å². The van der Waals surface area contributed by atoms with Crippen LogP contribution in [0.3, 0.4) is 0 Å². The lowest BCUT2D eigenvalue weighted by Crippen LogP contribution is -2.25. The average Bonchev–Trinajstić information content (AvgIpc) is 2.97. The van der Waals surface area contributed by atoms with E-state index in [1.54, 1.807) is 7.11 Å². The lowest BCUT2D eigenvalue weighted by Gasteiger charge is -2.21. The fourth-order valence-corrected chi connectivity index (χ4v) is 3.43. The lowest BCUT2D eigenvalue weighted by molar-refractivity contribution is 0.276. The molecule has 3 rings (SSSR count). The third-order valence-electron chi connectivity index (χ3n) is 4.99. The number of methoxy groups -OCH3 is 1. The van der Waals surface area contributed by atoms with Crippen molar-refractivity contribution in [1.29, 1.82) is 0 Å². The zero-order valence-electron chi connectivity index (χ0n) is 16.2. The van der Waals surface area contributed by atoms with Crippen molar-refractivity contribution < 1.29 is 4.74 Å². The Morgan fingerprint density at radius 2 is 1.67 bits per heavy atom. The summed E-state index contributed by atoms with van der Waals surface area (Å²) in [4.78, 5) is 7.10. The molecule has 144 valence electrons. The Labute approximate surface area is 162 Å². The second-order valence-corrected chi connectivity index (χ2v) is 7.01. The molecule has 2 aromatic carbocycles. The highest BCUT2D eigenvalue weighted by atomic mass is 16.5. The number of nitrogens with two attached hydrogens (primary N) is 1. The van der Waals surface area contributed by atoms with E-state index in [0.717, 1.165) is 18.0 Å². The average molecular weight is 367 g/mol. The molecule has 1 fully saturated rings. The molecule has 0 atom stereocenters. The molecule has 0 radical (unpaired) electrons. The molecule has 1 heterocycles. The van der Waals surface area contributed by atoms with Crippen molar-refractivity contribution >= 4 is 11.6 Å². The molecule has 27 heavy (non-hydrogen) atoms. The third-order valence-corrected chi connectivity index (χ3v) is 4.99. The largest absolute Gasteiger partial charge is 0.497 e. The van der Waals surface area contributed by atoms with Gasteiger partial charge in [-0.1, -0.05) is 37.1 Å². The monoisotopic (exact) mass is 366 g/mol. The van der Waals surface area contributed by atoms with E-state index in [1.165, 1.54) is 49.9 Å². The van der Waals surface area contributed by atoms with Crippen LogP contribution in [0.25, 0.3) is 0 Å². The maximum Gasteiger partial charge on any atom is 0.193 e. The molecule has 0 aromatic heterocycles. The first-order valence-electron chi connectivity index (χ1n) is 9.75. The number of ether oxygens (including phenoxy) is 1. The van der Waals surface area contributed by atoms with Gasteiger partial charge >= 0.3 is 0 Å². The van der Waals surface area contributed by atoms with Crippen LogP contribution in [0.4, 0.5) is 5.69 Å². The first-order chi connectivity index (χ1) is 13.2. The number of anilines is 1. The number of rotatable bonds is 6. The predicted octanol–water partition coefficient (Wildman–Crippen LogP) is 4.00. The summed E-state index contributed by atoms with van der Waals surface area (Å²) in [6.45, 7) is 3.97. The number of nitrogens with zero attached hydrogens (tertiary/aromatic N) is 2. The molecule has 3 N–H and O–H groups in total. The van der Waals surface area contributed by atoms with Crippen molar-refractivity contribution in [3.05, 3.63) is 59.7 Å². The SMILES string of the molecule is COc1ccc(NC(N)=NCc2ccccc2CN2CCCCCC2)cc1. The van der Waals surface area contributed by atoms with Gasteiger partial charge in [-0.3, -0.25) is 4.90 Å². The molecule has 0 spiro atoms. The number of likely N-dealkylation sites (tertiary alicyclic amines) is 1. The smallest absolute Gasteiger partial charge is 0.193 e. The van der Waals surface area contributed by atoms with Gasteiger partial charge in [-0.05, 0) is 61.3 Å². The molecule has 1 aliphatic rings. The topological polar surface area (TPSA) is 62.9 Å². The second kappa shape index (κ2) is 9.97. The van der Waals surface area contributed by atoms with E-state index in [4.69, 9.17) is 10.5 Å². The number of hydrogen-bond donors (Lipinski definition) is 2. The summed E-state index contributed by atoms with van der Waals surface area (Å²) in [6.07, 6.45) is 5.32. The third kappa shape index (κ3) is 6.00. The van der Waals surface area contributed by atoms with Gasteiger partial charge in [0.25, 0.3) is 0 Å². The Balaban J connectivity index is 1.61. The second-order valence-electron chi connectivity index (χ2n) is 7.01. The van der Waals surface area contributed by atoms with E-state index in [2.05, 4.69) is 39.5 Å². The zero-order valence-corrected chi connectivity index (χ0v) is 16.2. The summed E-state index contributed by atoms with van der Waals surface area (Å²) < 4.78 is 5.17. The molecule has 0 unspecified atom stereocenters. The van der Waals surface area contributed by atoms with Crippen LogP contribution < -0.4 is 15.8 Å². The molecule has 0 saturated carbocycles. The molecule has 0 bridgehead atoms. The van der Waals surface area contributed by atoms with E-state index in [1.807, 2.05) is 24.3 Å². The maximum atomic E-state index is 6.08. The van der Waals surface area contributed by atoms with Gasteiger partial charge in [-0.25, -0.2) is 4.99 Å². The highest BCUT2D eigenvalue weighted by Crippen LogP contribution is 2.17. The zero-order chi connectivity index (χ0) is 18.9. The Morgan fingerprint density at radius 1 is 1.00 bits per heavy atom. The van der Waals surface area contributed by atoms with Crippen LogP contribution in [-0.2, 0) is 13.1 Å². The van der Waals surface area contributed by atoms with Gasteiger partial charge in [0.1, 0.15) is 5.75 Å². The lowest BCUT2D eigenvalue weighted by atomic mass is 10.1. The van der Waals surface area contributed by atoms with Crippen LogP contribution in [-0.4, -0.2) is 31.1 Å². The van der Waals surface area contributed by atoms with Gasteiger partial charge < -0.3 is 15.8 Å². The highest BCUT2D eigenvalue weighted by Gasteiger charge is 2.11. The highest BCUT2D eigenvalue weighted by molar-refractivity contribution is 5.92. The Bertz CT molecular complexity index is 734. The fourth-order valence-electron chi connectivity index (χ4n) is 3.43. The van der Waals surface area contributed by atoms with Gasteiger partial charge in [-0.2, -0.15) is 0 Å². The summed E-state index contributed by atoms with van der Waals surface area (Å²) >= 11 is 0. The molecule has 5 heteroatoms. The maximum absolute atomic E-state index is 6.08. The normalized spacial score (nSPS) is 16.0. The van der Waals surface area contributed by atoms with Gasteiger partial charge in [0, 0.05) is 12.2 Å².